The van der Waals surface area contributed by atoms with Crippen LogP contribution in [0.4, 0.5) is 0 Å². The van der Waals surface area contributed by atoms with Gasteiger partial charge >= 0.3 is 0 Å². The molecule has 0 spiro atoms. The van der Waals surface area contributed by atoms with Gasteiger partial charge in [-0.15, -0.1) is 0 Å². The fraction of sp³-hybridized carbons (Fsp3) is 1.00. The van der Waals surface area contributed by atoms with Gasteiger partial charge in [-0.2, -0.15) is 11.8 Å². The molecule has 2 atom stereocenters. The molecule has 0 aromatic rings. The Kier molecular flexibility index (Phi) is 6.69. The van der Waals surface area contributed by atoms with Crippen molar-refractivity contribution in [3.63, 3.8) is 0 Å². The van der Waals surface area contributed by atoms with Gasteiger partial charge in [0.2, 0.25) is 0 Å². The maximum atomic E-state index is 5.94. The van der Waals surface area contributed by atoms with E-state index in [0.29, 0.717) is 6.04 Å². The number of nitrogens with two attached hydrogens (primary N) is 1. The normalized spacial score (nSPS) is 23.4. The summed E-state index contributed by atoms with van der Waals surface area (Å²) in [5.74, 6) is 3.37. The lowest BCUT2D eigenvalue weighted by Gasteiger charge is -2.34. The lowest BCUT2D eigenvalue weighted by atomic mass is 9.95. The quantitative estimate of drug-likeness (QED) is 0.785. The summed E-state index contributed by atoms with van der Waals surface area (Å²) < 4.78 is 0. The zero-order valence-corrected chi connectivity index (χ0v) is 11.1. The number of rotatable bonds is 5. The first kappa shape index (κ1) is 13.3. The molecular weight excluding hydrogens is 204 g/mol. The second kappa shape index (κ2) is 7.53. The maximum absolute atomic E-state index is 5.94. The van der Waals surface area contributed by atoms with E-state index >= 15 is 0 Å². The Balaban J connectivity index is 2.47. The van der Waals surface area contributed by atoms with Crippen molar-refractivity contribution in [1.82, 2.24) is 4.90 Å². The van der Waals surface area contributed by atoms with Crippen LogP contribution in [0.25, 0.3) is 0 Å². The molecule has 2 nitrogen and oxygen atoms in total. The van der Waals surface area contributed by atoms with Gasteiger partial charge in [-0.05, 0) is 31.1 Å². The lowest BCUT2D eigenvalue weighted by Crippen LogP contribution is -2.45. The molecule has 1 rings (SSSR count). The highest BCUT2D eigenvalue weighted by Crippen LogP contribution is 2.19. The summed E-state index contributed by atoms with van der Waals surface area (Å²) in [6.45, 7) is 7.94. The monoisotopic (exact) mass is 230 g/mol. The van der Waals surface area contributed by atoms with Crippen molar-refractivity contribution in [1.29, 1.82) is 0 Å². The summed E-state index contributed by atoms with van der Waals surface area (Å²) in [6, 6.07) is 0.614. The predicted octanol–water partition coefficient (Wildman–Crippen LogP) is 2.19. The smallest absolute Gasteiger partial charge is 0.0244 e. The summed E-state index contributed by atoms with van der Waals surface area (Å²) in [4.78, 5) is 2.63. The molecule has 0 saturated carbocycles. The molecular formula is C12H26N2S. The molecule has 15 heavy (non-hydrogen) atoms. The van der Waals surface area contributed by atoms with Crippen LogP contribution >= 0.6 is 11.8 Å². The van der Waals surface area contributed by atoms with Gasteiger partial charge in [0.05, 0.1) is 0 Å². The van der Waals surface area contributed by atoms with E-state index in [9.17, 15) is 0 Å². The van der Waals surface area contributed by atoms with Crippen LogP contribution in [0.15, 0.2) is 0 Å². The molecule has 90 valence electrons. The van der Waals surface area contributed by atoms with E-state index in [1.54, 1.807) is 0 Å². The van der Waals surface area contributed by atoms with E-state index in [1.807, 2.05) is 0 Å². The number of hydrogen-bond donors (Lipinski definition) is 1. The Morgan fingerprint density at radius 2 is 2.13 bits per heavy atom. The molecule has 0 aromatic heterocycles. The van der Waals surface area contributed by atoms with Crippen molar-refractivity contribution in [3.8, 4) is 0 Å². The summed E-state index contributed by atoms with van der Waals surface area (Å²) in [6.07, 6.45) is 3.92. The first-order valence-corrected chi connectivity index (χ1v) is 7.47. The summed E-state index contributed by atoms with van der Waals surface area (Å²) in [5.41, 5.74) is 5.94. The van der Waals surface area contributed by atoms with Crippen LogP contribution in [0, 0.1) is 5.92 Å². The van der Waals surface area contributed by atoms with Gasteiger partial charge in [0, 0.05) is 24.9 Å². The van der Waals surface area contributed by atoms with Crippen LogP contribution in [-0.2, 0) is 0 Å². The predicted molar refractivity (Wildman–Crippen MR) is 70.4 cm³/mol. The SMILES string of the molecule is CCCC(C)C(CN)N1CCCSCC1. The van der Waals surface area contributed by atoms with Crippen molar-refractivity contribution in [2.24, 2.45) is 11.7 Å². The highest BCUT2D eigenvalue weighted by atomic mass is 32.2. The molecule has 1 aliphatic rings. The highest BCUT2D eigenvalue weighted by molar-refractivity contribution is 7.99. The topological polar surface area (TPSA) is 29.3 Å². The molecule has 0 aliphatic carbocycles. The van der Waals surface area contributed by atoms with Gasteiger partial charge in [0.15, 0.2) is 0 Å². The number of thioether (sulfide) groups is 1. The van der Waals surface area contributed by atoms with E-state index in [4.69, 9.17) is 5.73 Å². The minimum absolute atomic E-state index is 0.614. The van der Waals surface area contributed by atoms with Crippen molar-refractivity contribution < 1.29 is 0 Å². The molecule has 1 fully saturated rings. The highest BCUT2D eigenvalue weighted by Gasteiger charge is 2.23. The Labute approximate surface area is 99.0 Å². The van der Waals surface area contributed by atoms with Crippen molar-refractivity contribution in [2.45, 2.75) is 39.2 Å². The Morgan fingerprint density at radius 3 is 2.80 bits per heavy atom. The second-order valence-corrected chi connectivity index (χ2v) is 5.80. The van der Waals surface area contributed by atoms with Gasteiger partial charge in [-0.3, -0.25) is 4.90 Å². The van der Waals surface area contributed by atoms with E-state index < -0.39 is 0 Å². The molecule has 2 unspecified atom stereocenters. The average molecular weight is 230 g/mol. The van der Waals surface area contributed by atoms with Gasteiger partial charge in [-0.25, -0.2) is 0 Å². The summed E-state index contributed by atoms with van der Waals surface area (Å²) >= 11 is 2.09. The van der Waals surface area contributed by atoms with Crippen LogP contribution in [0.2, 0.25) is 0 Å². The van der Waals surface area contributed by atoms with Crippen LogP contribution in [0.3, 0.4) is 0 Å². The Bertz CT molecular complexity index is 156. The molecule has 0 aromatic carbocycles. The van der Waals surface area contributed by atoms with Crippen molar-refractivity contribution in [2.75, 3.05) is 31.1 Å². The summed E-state index contributed by atoms with van der Waals surface area (Å²) in [7, 11) is 0. The van der Waals surface area contributed by atoms with E-state index in [2.05, 4.69) is 30.5 Å². The minimum Gasteiger partial charge on any atom is -0.329 e. The fourth-order valence-corrected chi connectivity index (χ4v) is 3.39. The lowest BCUT2D eigenvalue weighted by molar-refractivity contribution is 0.158. The zero-order valence-electron chi connectivity index (χ0n) is 10.2. The van der Waals surface area contributed by atoms with Gasteiger partial charge in [0.25, 0.3) is 0 Å². The van der Waals surface area contributed by atoms with Gasteiger partial charge < -0.3 is 5.73 Å². The van der Waals surface area contributed by atoms with Gasteiger partial charge in [0.1, 0.15) is 0 Å². The molecule has 3 heteroatoms. The van der Waals surface area contributed by atoms with Crippen molar-refractivity contribution >= 4 is 11.8 Å². The van der Waals surface area contributed by atoms with E-state index in [1.165, 1.54) is 43.9 Å². The van der Waals surface area contributed by atoms with Crippen molar-refractivity contribution in [3.05, 3.63) is 0 Å². The van der Waals surface area contributed by atoms with Crippen LogP contribution < -0.4 is 5.73 Å². The average Bonchev–Trinajstić information content (AvgIpc) is 2.48. The fourth-order valence-electron chi connectivity index (χ4n) is 2.49. The van der Waals surface area contributed by atoms with Crippen LogP contribution in [0.5, 0.6) is 0 Å². The first-order chi connectivity index (χ1) is 7.29. The van der Waals surface area contributed by atoms with Crippen LogP contribution in [-0.4, -0.2) is 42.1 Å². The molecule has 0 amide bonds. The zero-order chi connectivity index (χ0) is 11.1. The maximum Gasteiger partial charge on any atom is 0.0244 e. The van der Waals surface area contributed by atoms with Gasteiger partial charge in [-0.1, -0.05) is 20.3 Å². The molecule has 2 N–H and O–H groups in total. The molecule has 0 bridgehead atoms. The van der Waals surface area contributed by atoms with E-state index in [0.717, 1.165) is 12.5 Å². The summed E-state index contributed by atoms with van der Waals surface area (Å²) in [5, 5.41) is 0. The largest absolute Gasteiger partial charge is 0.329 e. The van der Waals surface area contributed by atoms with Crippen LogP contribution in [0.1, 0.15) is 33.1 Å². The third-order valence-corrected chi connectivity index (χ3v) is 4.42. The molecule has 0 radical (unpaired) electrons. The minimum atomic E-state index is 0.614. The second-order valence-electron chi connectivity index (χ2n) is 4.57. The van der Waals surface area contributed by atoms with E-state index in [-0.39, 0.29) is 0 Å². The Hall–Kier alpha value is 0.270. The molecule has 1 aliphatic heterocycles. The molecule has 1 saturated heterocycles. The standard InChI is InChI=1S/C12H26N2S/c1-3-5-11(2)12(10-13)14-6-4-8-15-9-7-14/h11-12H,3-10,13H2,1-2H3. The Morgan fingerprint density at radius 1 is 1.33 bits per heavy atom. The first-order valence-electron chi connectivity index (χ1n) is 6.31. The third kappa shape index (κ3) is 4.33. The molecule has 1 heterocycles. The third-order valence-electron chi connectivity index (χ3n) is 3.37. The number of nitrogens with zero attached hydrogens (tertiary/aromatic N) is 1. The number of hydrogen-bond acceptors (Lipinski definition) is 3.